The standard InChI is InChI=1S/C16H18N4O4/c1-11-9-15(17-10-13(11)20(22)23)18-5-7-19(8-6-18)16(21)14-4-3-12(2)24-14/h3-4,9-10H,5-8H2,1-2H3. The first kappa shape index (κ1) is 16.0. The van der Waals surface area contributed by atoms with E-state index in [4.69, 9.17) is 4.42 Å². The zero-order valence-electron chi connectivity index (χ0n) is 13.6. The molecule has 0 N–H and O–H groups in total. The molecule has 0 bridgehead atoms. The molecule has 0 aliphatic carbocycles. The fourth-order valence-corrected chi connectivity index (χ4v) is 2.74. The van der Waals surface area contributed by atoms with Crippen LogP contribution in [0.1, 0.15) is 21.9 Å². The largest absolute Gasteiger partial charge is 0.456 e. The molecule has 0 radical (unpaired) electrons. The molecule has 8 nitrogen and oxygen atoms in total. The Morgan fingerprint density at radius 3 is 2.50 bits per heavy atom. The highest BCUT2D eigenvalue weighted by atomic mass is 16.6. The van der Waals surface area contributed by atoms with Crippen molar-refractivity contribution in [3.63, 3.8) is 0 Å². The molecule has 1 amide bonds. The summed E-state index contributed by atoms with van der Waals surface area (Å²) in [6.45, 7) is 5.84. The number of nitrogens with zero attached hydrogens (tertiary/aromatic N) is 4. The highest BCUT2D eigenvalue weighted by Crippen LogP contribution is 2.22. The first-order valence-corrected chi connectivity index (χ1v) is 7.67. The van der Waals surface area contributed by atoms with Gasteiger partial charge in [-0.05, 0) is 32.0 Å². The number of amides is 1. The molecule has 0 unspecified atom stereocenters. The number of carbonyl (C=O) groups is 1. The SMILES string of the molecule is Cc1ccc(C(=O)N2CCN(c3cc(C)c([N+](=O)[O-])cn3)CC2)o1. The van der Waals surface area contributed by atoms with Gasteiger partial charge in [-0.2, -0.15) is 0 Å². The number of nitro groups is 1. The molecule has 2 aromatic rings. The van der Waals surface area contributed by atoms with Gasteiger partial charge in [-0.3, -0.25) is 14.9 Å². The lowest BCUT2D eigenvalue weighted by atomic mass is 10.2. The van der Waals surface area contributed by atoms with Gasteiger partial charge in [0.2, 0.25) is 0 Å². The summed E-state index contributed by atoms with van der Waals surface area (Å²) >= 11 is 0. The van der Waals surface area contributed by atoms with Gasteiger partial charge in [0.25, 0.3) is 11.6 Å². The van der Waals surface area contributed by atoms with E-state index >= 15 is 0 Å². The number of hydrogen-bond donors (Lipinski definition) is 0. The zero-order chi connectivity index (χ0) is 17.3. The van der Waals surface area contributed by atoms with E-state index < -0.39 is 4.92 Å². The van der Waals surface area contributed by atoms with Crippen LogP contribution < -0.4 is 4.90 Å². The third kappa shape index (κ3) is 3.08. The zero-order valence-corrected chi connectivity index (χ0v) is 13.6. The van der Waals surface area contributed by atoms with Crippen LogP contribution in [0.5, 0.6) is 0 Å². The van der Waals surface area contributed by atoms with Crippen molar-refractivity contribution in [2.24, 2.45) is 0 Å². The quantitative estimate of drug-likeness (QED) is 0.632. The van der Waals surface area contributed by atoms with Gasteiger partial charge in [0.05, 0.1) is 4.92 Å². The normalized spacial score (nSPS) is 14.8. The predicted octanol–water partition coefficient (Wildman–Crippen LogP) is 2.16. The van der Waals surface area contributed by atoms with Crippen LogP contribution in [0, 0.1) is 24.0 Å². The number of rotatable bonds is 3. The van der Waals surface area contributed by atoms with Gasteiger partial charge >= 0.3 is 0 Å². The second kappa shape index (κ2) is 6.31. The summed E-state index contributed by atoms with van der Waals surface area (Å²) in [5.41, 5.74) is 0.593. The van der Waals surface area contributed by atoms with Crippen molar-refractivity contribution in [2.75, 3.05) is 31.1 Å². The van der Waals surface area contributed by atoms with Crippen LogP contribution in [-0.2, 0) is 0 Å². The Balaban J connectivity index is 1.66. The fourth-order valence-electron chi connectivity index (χ4n) is 2.74. The number of aromatic nitrogens is 1. The summed E-state index contributed by atoms with van der Waals surface area (Å²) in [5.74, 6) is 1.64. The lowest BCUT2D eigenvalue weighted by Gasteiger charge is -2.35. The van der Waals surface area contributed by atoms with Crippen LogP contribution in [0.15, 0.2) is 28.8 Å². The molecule has 0 saturated carbocycles. The Hall–Kier alpha value is -2.90. The average molecular weight is 330 g/mol. The molecule has 126 valence electrons. The van der Waals surface area contributed by atoms with E-state index in [-0.39, 0.29) is 11.6 Å². The van der Waals surface area contributed by atoms with Gasteiger partial charge in [0.15, 0.2) is 5.76 Å². The number of aryl methyl sites for hydroxylation is 2. The summed E-state index contributed by atoms with van der Waals surface area (Å²) in [6, 6.07) is 5.17. The van der Waals surface area contributed by atoms with E-state index in [0.717, 1.165) is 0 Å². The maximum absolute atomic E-state index is 12.4. The fraction of sp³-hybridized carbons (Fsp3) is 0.375. The van der Waals surface area contributed by atoms with Gasteiger partial charge in [-0.25, -0.2) is 4.98 Å². The Labute approximate surface area is 138 Å². The maximum atomic E-state index is 12.4. The maximum Gasteiger partial charge on any atom is 0.290 e. The third-order valence-electron chi connectivity index (χ3n) is 4.11. The van der Waals surface area contributed by atoms with Crippen LogP contribution in [0.25, 0.3) is 0 Å². The Morgan fingerprint density at radius 2 is 1.96 bits per heavy atom. The summed E-state index contributed by atoms with van der Waals surface area (Å²) in [7, 11) is 0. The van der Waals surface area contributed by atoms with Crippen LogP contribution in [0.4, 0.5) is 11.5 Å². The second-order valence-electron chi connectivity index (χ2n) is 5.78. The van der Waals surface area contributed by atoms with E-state index in [1.807, 2.05) is 4.90 Å². The minimum Gasteiger partial charge on any atom is -0.456 e. The predicted molar refractivity (Wildman–Crippen MR) is 87.2 cm³/mol. The first-order valence-electron chi connectivity index (χ1n) is 7.67. The Bertz CT molecular complexity index is 778. The molecule has 24 heavy (non-hydrogen) atoms. The molecule has 1 aliphatic rings. The second-order valence-corrected chi connectivity index (χ2v) is 5.78. The van der Waals surface area contributed by atoms with Crippen molar-refractivity contribution in [3.8, 4) is 0 Å². The van der Waals surface area contributed by atoms with Gasteiger partial charge in [-0.15, -0.1) is 0 Å². The Morgan fingerprint density at radius 1 is 1.25 bits per heavy atom. The van der Waals surface area contributed by atoms with Gasteiger partial charge < -0.3 is 14.2 Å². The third-order valence-corrected chi connectivity index (χ3v) is 4.11. The van der Waals surface area contributed by atoms with Crippen LogP contribution in [0.3, 0.4) is 0 Å². The van der Waals surface area contributed by atoms with Crippen molar-refractivity contribution in [3.05, 3.63) is 51.6 Å². The van der Waals surface area contributed by atoms with Crippen LogP contribution >= 0.6 is 0 Å². The van der Waals surface area contributed by atoms with Gasteiger partial charge in [0, 0.05) is 31.7 Å². The van der Waals surface area contributed by atoms with E-state index in [1.165, 1.54) is 6.20 Å². The molecule has 3 heterocycles. The van der Waals surface area contributed by atoms with Crippen molar-refractivity contribution in [1.82, 2.24) is 9.88 Å². The summed E-state index contributed by atoms with van der Waals surface area (Å²) < 4.78 is 5.38. The average Bonchev–Trinajstić information content (AvgIpc) is 3.00. The first-order chi connectivity index (χ1) is 11.5. The lowest BCUT2D eigenvalue weighted by Crippen LogP contribution is -2.49. The topological polar surface area (TPSA) is 92.7 Å². The molecule has 1 aliphatic heterocycles. The molecule has 1 saturated heterocycles. The Kier molecular flexibility index (Phi) is 4.20. The van der Waals surface area contributed by atoms with Gasteiger partial charge in [0.1, 0.15) is 17.8 Å². The van der Waals surface area contributed by atoms with Crippen LogP contribution in [0.2, 0.25) is 0 Å². The van der Waals surface area contributed by atoms with Crippen molar-refractivity contribution in [1.29, 1.82) is 0 Å². The summed E-state index contributed by atoms with van der Waals surface area (Å²) in [5, 5.41) is 10.9. The molecular weight excluding hydrogens is 312 g/mol. The van der Waals surface area contributed by atoms with E-state index in [0.29, 0.717) is 49.1 Å². The molecule has 0 spiro atoms. The number of anilines is 1. The number of furan rings is 1. The van der Waals surface area contributed by atoms with Gasteiger partial charge in [-0.1, -0.05) is 0 Å². The number of carbonyl (C=O) groups excluding carboxylic acids is 1. The smallest absolute Gasteiger partial charge is 0.290 e. The molecular formula is C16H18N4O4. The molecule has 8 heteroatoms. The molecule has 0 aromatic carbocycles. The molecule has 2 aromatic heterocycles. The lowest BCUT2D eigenvalue weighted by molar-refractivity contribution is -0.385. The monoisotopic (exact) mass is 330 g/mol. The highest BCUT2D eigenvalue weighted by Gasteiger charge is 2.25. The highest BCUT2D eigenvalue weighted by molar-refractivity contribution is 5.91. The summed E-state index contributed by atoms with van der Waals surface area (Å²) in [4.78, 5) is 30.7. The van der Waals surface area contributed by atoms with Crippen molar-refractivity contribution < 1.29 is 14.1 Å². The van der Waals surface area contributed by atoms with E-state index in [2.05, 4.69) is 4.98 Å². The number of piperazine rings is 1. The van der Waals surface area contributed by atoms with Crippen LogP contribution in [-0.4, -0.2) is 46.9 Å². The number of pyridine rings is 1. The molecule has 1 fully saturated rings. The summed E-state index contributed by atoms with van der Waals surface area (Å²) in [6.07, 6.45) is 1.29. The van der Waals surface area contributed by atoms with E-state index in [9.17, 15) is 14.9 Å². The minimum absolute atomic E-state index is 0.0146. The minimum atomic E-state index is -0.436. The molecule has 0 atom stereocenters. The van der Waals surface area contributed by atoms with Crippen molar-refractivity contribution >= 4 is 17.4 Å². The van der Waals surface area contributed by atoms with E-state index in [1.54, 1.807) is 36.9 Å². The number of hydrogen-bond acceptors (Lipinski definition) is 6. The molecule has 3 rings (SSSR count). The van der Waals surface area contributed by atoms with Crippen molar-refractivity contribution in [2.45, 2.75) is 13.8 Å².